The Hall–Kier alpha value is -5.01. The molecule has 1 rings (SSSR count). The number of hydrogen-bond donors (Lipinski definition) is 13. The Morgan fingerprint density at radius 1 is 0.714 bits per heavy atom. The predicted octanol–water partition coefficient (Wildman–Crippen LogP) is -6.26. The molecule has 7 amide bonds. The van der Waals surface area contributed by atoms with E-state index < -0.39 is 152 Å². The van der Waals surface area contributed by atoms with Crippen LogP contribution in [-0.2, 0) is 52.6 Å². The standard InChI is InChI=1S/C32H54N8O16/c1-12(26(46)38-14(3)30(50)51)37-29(49)18(7-5-6-17(33)25(35)45)39-22(43)9-8-19(31(52)53)40-27(47)13(2)36-28(48)15(4)55-24-16(10-21(34)42)32(54)56-20(11-41)23(24)44/h12-20,23-24,32,41,44,54H,5-11,33H2,1-4H3,(H2,34,42)(H2,35,45)(H,36,48)(H,37,49)(H,38,46)(H,39,43)(H,40,47)(H,50,51)(H,52,53). The molecule has 12 unspecified atom stereocenters. The van der Waals surface area contributed by atoms with Crippen LogP contribution in [0.5, 0.6) is 0 Å². The zero-order valence-corrected chi connectivity index (χ0v) is 31.3. The number of nitrogens with one attached hydrogen (secondary N) is 5. The first-order valence-corrected chi connectivity index (χ1v) is 17.6. The van der Waals surface area contributed by atoms with E-state index in [2.05, 4.69) is 26.6 Å². The maximum atomic E-state index is 13.1. The van der Waals surface area contributed by atoms with Crippen LogP contribution in [0.1, 0.15) is 66.2 Å². The second-order valence-corrected chi connectivity index (χ2v) is 13.3. The lowest BCUT2D eigenvalue weighted by atomic mass is 9.88. The lowest BCUT2D eigenvalue weighted by Crippen LogP contribution is -2.59. The van der Waals surface area contributed by atoms with Gasteiger partial charge in [-0.25, -0.2) is 4.79 Å². The molecule has 0 aliphatic carbocycles. The predicted molar refractivity (Wildman–Crippen MR) is 188 cm³/mol. The van der Waals surface area contributed by atoms with Gasteiger partial charge in [-0.15, -0.1) is 0 Å². The molecule has 0 aromatic carbocycles. The fourth-order valence-corrected chi connectivity index (χ4v) is 5.29. The summed E-state index contributed by atoms with van der Waals surface area (Å²) in [7, 11) is 0. The second kappa shape index (κ2) is 23.2. The number of carboxylic acid groups (broad SMARTS) is 2. The van der Waals surface area contributed by atoms with Crippen molar-refractivity contribution in [3.8, 4) is 0 Å². The highest BCUT2D eigenvalue weighted by atomic mass is 16.6. The van der Waals surface area contributed by atoms with Crippen LogP contribution in [0.3, 0.4) is 0 Å². The number of carbonyl (C=O) groups excluding carboxylic acids is 7. The number of carboxylic acids is 2. The normalized spacial score (nSPS) is 23.0. The fraction of sp³-hybridized carbons (Fsp3) is 0.719. The molecule has 12 atom stereocenters. The molecule has 1 fully saturated rings. The zero-order valence-electron chi connectivity index (χ0n) is 31.3. The quantitative estimate of drug-likeness (QED) is 0.0431. The summed E-state index contributed by atoms with van der Waals surface area (Å²) in [5, 5.41) is 60.5. The van der Waals surface area contributed by atoms with Crippen LogP contribution >= 0.6 is 0 Å². The maximum absolute atomic E-state index is 13.1. The van der Waals surface area contributed by atoms with Crippen molar-refractivity contribution in [2.45, 2.75) is 133 Å². The molecule has 318 valence electrons. The summed E-state index contributed by atoms with van der Waals surface area (Å²) in [4.78, 5) is 110. The van der Waals surface area contributed by atoms with E-state index in [1.807, 2.05) is 0 Å². The van der Waals surface area contributed by atoms with E-state index >= 15 is 0 Å². The van der Waals surface area contributed by atoms with Gasteiger partial charge < -0.3 is 78.8 Å². The minimum atomic E-state index is -1.70. The number of ether oxygens (including phenoxy) is 2. The first-order valence-electron chi connectivity index (χ1n) is 17.6. The molecule has 0 aromatic heterocycles. The number of primary amides is 2. The van der Waals surface area contributed by atoms with Crippen molar-refractivity contribution in [2.75, 3.05) is 6.61 Å². The van der Waals surface area contributed by atoms with Gasteiger partial charge in [0, 0.05) is 18.8 Å². The van der Waals surface area contributed by atoms with E-state index in [9.17, 15) is 63.6 Å². The number of rotatable bonds is 24. The highest BCUT2D eigenvalue weighted by molar-refractivity contribution is 5.94. The van der Waals surface area contributed by atoms with Gasteiger partial charge in [0.15, 0.2) is 6.29 Å². The van der Waals surface area contributed by atoms with E-state index in [1.54, 1.807) is 0 Å². The third-order valence-electron chi connectivity index (χ3n) is 8.70. The van der Waals surface area contributed by atoms with Crippen LogP contribution in [0.4, 0.5) is 0 Å². The monoisotopic (exact) mass is 806 g/mol. The Kier molecular flexibility index (Phi) is 20.3. The van der Waals surface area contributed by atoms with Crippen LogP contribution in [-0.4, -0.2) is 152 Å². The van der Waals surface area contributed by atoms with Crippen molar-refractivity contribution in [1.29, 1.82) is 0 Å². The van der Waals surface area contributed by atoms with E-state index in [-0.39, 0.29) is 19.3 Å². The number of hydrogen-bond acceptors (Lipinski definition) is 15. The number of nitrogens with two attached hydrogens (primary N) is 3. The van der Waals surface area contributed by atoms with Gasteiger partial charge in [0.05, 0.1) is 18.8 Å². The molecule has 0 spiro atoms. The summed E-state index contributed by atoms with van der Waals surface area (Å²) in [6, 6.07) is -7.99. The third-order valence-corrected chi connectivity index (χ3v) is 8.70. The number of aliphatic hydroxyl groups excluding tert-OH is 3. The molecule has 1 aliphatic heterocycles. The summed E-state index contributed by atoms with van der Waals surface area (Å²) < 4.78 is 10.7. The summed E-state index contributed by atoms with van der Waals surface area (Å²) in [5.74, 6) is -10.3. The molecule has 0 radical (unpaired) electrons. The maximum Gasteiger partial charge on any atom is 0.326 e. The molecule has 0 aromatic rings. The molecule has 1 saturated heterocycles. The average Bonchev–Trinajstić information content (AvgIpc) is 3.11. The molecule has 24 heteroatoms. The topological polar surface area (TPSA) is 411 Å². The Balaban J connectivity index is 2.91. The molecule has 0 bridgehead atoms. The summed E-state index contributed by atoms with van der Waals surface area (Å²) >= 11 is 0. The van der Waals surface area contributed by atoms with Crippen LogP contribution in [0, 0.1) is 5.92 Å². The summed E-state index contributed by atoms with van der Waals surface area (Å²) in [6.07, 6.45) is -9.07. The molecule has 56 heavy (non-hydrogen) atoms. The lowest BCUT2D eigenvalue weighted by Gasteiger charge is -2.42. The Bertz CT molecular complexity index is 1430. The molecular weight excluding hydrogens is 752 g/mol. The van der Waals surface area contributed by atoms with Gasteiger partial charge in [-0.05, 0) is 53.4 Å². The molecule has 1 aliphatic rings. The summed E-state index contributed by atoms with van der Waals surface area (Å²) in [6.45, 7) is 4.14. The van der Waals surface area contributed by atoms with Crippen molar-refractivity contribution in [2.24, 2.45) is 23.1 Å². The lowest BCUT2D eigenvalue weighted by molar-refractivity contribution is -0.282. The minimum Gasteiger partial charge on any atom is -0.480 e. The average molecular weight is 807 g/mol. The minimum absolute atomic E-state index is 0.0223. The Morgan fingerprint density at radius 2 is 1.27 bits per heavy atom. The Labute approximate surface area is 320 Å². The Morgan fingerprint density at radius 3 is 1.79 bits per heavy atom. The largest absolute Gasteiger partial charge is 0.480 e. The van der Waals surface area contributed by atoms with Crippen molar-refractivity contribution in [3.63, 3.8) is 0 Å². The van der Waals surface area contributed by atoms with Gasteiger partial charge in [0.2, 0.25) is 41.4 Å². The molecule has 1 heterocycles. The van der Waals surface area contributed by atoms with Crippen molar-refractivity contribution >= 4 is 53.3 Å². The van der Waals surface area contributed by atoms with Crippen molar-refractivity contribution < 1.29 is 78.2 Å². The highest BCUT2D eigenvalue weighted by Crippen LogP contribution is 2.30. The number of aliphatic carboxylic acids is 2. The first-order chi connectivity index (χ1) is 26.0. The van der Waals surface area contributed by atoms with Crippen LogP contribution < -0.4 is 43.8 Å². The molecular formula is C32H54N8O16. The van der Waals surface area contributed by atoms with Crippen molar-refractivity contribution in [1.82, 2.24) is 26.6 Å². The van der Waals surface area contributed by atoms with Gasteiger partial charge in [-0.1, -0.05) is 0 Å². The van der Waals surface area contributed by atoms with Crippen LogP contribution in [0.15, 0.2) is 0 Å². The number of carbonyl (C=O) groups is 9. The van der Waals surface area contributed by atoms with Crippen LogP contribution in [0.25, 0.3) is 0 Å². The van der Waals surface area contributed by atoms with Crippen molar-refractivity contribution in [3.05, 3.63) is 0 Å². The van der Waals surface area contributed by atoms with Gasteiger partial charge in [-0.3, -0.25) is 38.4 Å². The van der Waals surface area contributed by atoms with Gasteiger partial charge >= 0.3 is 11.9 Å². The third kappa shape index (κ3) is 16.0. The second-order valence-electron chi connectivity index (χ2n) is 13.3. The smallest absolute Gasteiger partial charge is 0.326 e. The molecule has 16 N–H and O–H groups in total. The number of aliphatic hydroxyl groups is 3. The van der Waals surface area contributed by atoms with Gasteiger partial charge in [0.25, 0.3) is 0 Å². The van der Waals surface area contributed by atoms with E-state index in [4.69, 9.17) is 31.8 Å². The van der Waals surface area contributed by atoms with E-state index in [0.717, 1.165) is 0 Å². The van der Waals surface area contributed by atoms with Gasteiger partial charge in [0.1, 0.15) is 48.5 Å². The van der Waals surface area contributed by atoms with Gasteiger partial charge in [-0.2, -0.15) is 0 Å². The highest BCUT2D eigenvalue weighted by Gasteiger charge is 2.47. The zero-order chi connectivity index (χ0) is 43.0. The van der Waals surface area contributed by atoms with E-state index in [1.165, 1.54) is 27.7 Å². The summed E-state index contributed by atoms with van der Waals surface area (Å²) in [5.41, 5.74) is 16.0. The first kappa shape index (κ1) is 49.0. The SMILES string of the molecule is CC(NC(=O)C(C)NC(=O)C(CCCC(N)C(N)=O)NC(=O)CCC(NC(=O)C(C)NC(=O)C(C)OC1C(O)C(CO)OC(O)C1CC(N)=O)C(=O)O)C(=O)O. The fourth-order valence-electron chi connectivity index (χ4n) is 5.29. The molecule has 0 saturated carbocycles. The molecule has 24 nitrogen and oxygen atoms in total. The van der Waals surface area contributed by atoms with Crippen LogP contribution in [0.2, 0.25) is 0 Å². The number of amides is 7. The van der Waals surface area contributed by atoms with E-state index in [0.29, 0.717) is 0 Å².